The largest absolute Gasteiger partial charge is 0.490 e. The van der Waals surface area contributed by atoms with Gasteiger partial charge in [-0.25, -0.2) is 4.79 Å². The van der Waals surface area contributed by atoms with Gasteiger partial charge in [-0.3, -0.25) is 0 Å². The number of benzene rings is 1. The van der Waals surface area contributed by atoms with Crippen LogP contribution >= 0.6 is 0 Å². The zero-order valence-electron chi connectivity index (χ0n) is 14.5. The number of aryl methyl sites for hydroxylation is 1. The summed E-state index contributed by atoms with van der Waals surface area (Å²) in [4.78, 5) is 15.8. The average Bonchev–Trinajstić information content (AvgIpc) is 3.06. The Morgan fingerprint density at radius 1 is 1.16 bits per heavy atom. The van der Waals surface area contributed by atoms with Crippen molar-refractivity contribution < 1.29 is 14.1 Å². The smallest absolute Gasteiger partial charge is 0.315 e. The lowest BCUT2D eigenvalue weighted by Crippen LogP contribution is -2.34. The lowest BCUT2D eigenvalue weighted by Gasteiger charge is -2.23. The maximum absolute atomic E-state index is 11.8. The molecule has 1 aromatic heterocycles. The summed E-state index contributed by atoms with van der Waals surface area (Å²) in [7, 11) is 0. The topological polar surface area (TPSA) is 89.3 Å². The van der Waals surface area contributed by atoms with E-state index in [1.807, 2.05) is 24.3 Å². The monoisotopic (exact) mass is 344 g/mol. The molecule has 3 rings (SSSR count). The highest BCUT2D eigenvalue weighted by Gasteiger charge is 2.14. The number of amides is 2. The van der Waals surface area contributed by atoms with Crippen LogP contribution in [-0.2, 0) is 13.1 Å². The number of rotatable bonds is 6. The quantitative estimate of drug-likeness (QED) is 0.840. The zero-order chi connectivity index (χ0) is 17.5. The van der Waals surface area contributed by atoms with Crippen molar-refractivity contribution in [1.29, 1.82) is 0 Å². The summed E-state index contributed by atoms with van der Waals surface area (Å²) < 4.78 is 10.8. The Kier molecular flexibility index (Phi) is 5.87. The van der Waals surface area contributed by atoms with Gasteiger partial charge in [0.2, 0.25) is 5.89 Å². The number of aromatic nitrogens is 2. The van der Waals surface area contributed by atoms with Crippen LogP contribution in [0.4, 0.5) is 4.79 Å². The third-order valence-electron chi connectivity index (χ3n) is 4.21. The number of urea groups is 1. The SMILES string of the molecule is Cc1nc(CNC(=O)NCc2ccc(OC3CCCCC3)cc2)no1. The minimum atomic E-state index is -0.273. The van der Waals surface area contributed by atoms with Crippen molar-refractivity contribution in [2.24, 2.45) is 0 Å². The average molecular weight is 344 g/mol. The number of carbonyl (C=O) groups excluding carboxylic acids is 1. The first-order valence-corrected chi connectivity index (χ1v) is 8.75. The van der Waals surface area contributed by atoms with E-state index in [1.165, 1.54) is 19.3 Å². The van der Waals surface area contributed by atoms with Crippen molar-refractivity contribution in [3.63, 3.8) is 0 Å². The van der Waals surface area contributed by atoms with Crippen molar-refractivity contribution in [2.45, 2.75) is 58.2 Å². The van der Waals surface area contributed by atoms with E-state index in [4.69, 9.17) is 9.26 Å². The van der Waals surface area contributed by atoms with Gasteiger partial charge in [0.15, 0.2) is 5.82 Å². The summed E-state index contributed by atoms with van der Waals surface area (Å²) in [5.74, 6) is 1.83. The van der Waals surface area contributed by atoms with Gasteiger partial charge < -0.3 is 19.9 Å². The molecule has 0 aliphatic heterocycles. The maximum atomic E-state index is 11.8. The molecule has 1 aliphatic rings. The second kappa shape index (κ2) is 8.50. The Hall–Kier alpha value is -2.57. The predicted molar refractivity (Wildman–Crippen MR) is 92.1 cm³/mol. The Labute approximate surface area is 147 Å². The lowest BCUT2D eigenvalue weighted by molar-refractivity contribution is 0.155. The van der Waals surface area contributed by atoms with Gasteiger partial charge in [0, 0.05) is 13.5 Å². The van der Waals surface area contributed by atoms with E-state index >= 15 is 0 Å². The van der Waals surface area contributed by atoms with E-state index in [2.05, 4.69) is 20.8 Å². The fraction of sp³-hybridized carbons (Fsp3) is 0.500. The van der Waals surface area contributed by atoms with Gasteiger partial charge in [-0.05, 0) is 43.4 Å². The number of hydrogen-bond donors (Lipinski definition) is 2. The highest BCUT2D eigenvalue weighted by molar-refractivity contribution is 5.73. The summed E-state index contributed by atoms with van der Waals surface area (Å²) in [6, 6.07) is 7.60. The van der Waals surface area contributed by atoms with Crippen LogP contribution in [0.5, 0.6) is 5.75 Å². The highest BCUT2D eigenvalue weighted by Crippen LogP contribution is 2.23. The molecule has 7 nitrogen and oxygen atoms in total. The van der Waals surface area contributed by atoms with Gasteiger partial charge in [0.25, 0.3) is 0 Å². The first kappa shape index (κ1) is 17.3. The Bertz CT molecular complexity index is 678. The summed E-state index contributed by atoms with van der Waals surface area (Å²) in [6.45, 7) is 2.39. The Morgan fingerprint density at radius 2 is 1.88 bits per heavy atom. The van der Waals surface area contributed by atoms with E-state index < -0.39 is 0 Å². The molecule has 2 amide bonds. The van der Waals surface area contributed by atoms with Crippen molar-refractivity contribution in [3.8, 4) is 5.75 Å². The van der Waals surface area contributed by atoms with E-state index in [1.54, 1.807) is 6.92 Å². The van der Waals surface area contributed by atoms with Crippen molar-refractivity contribution in [3.05, 3.63) is 41.5 Å². The van der Waals surface area contributed by atoms with E-state index in [0.29, 0.717) is 24.4 Å². The minimum Gasteiger partial charge on any atom is -0.490 e. The van der Waals surface area contributed by atoms with Gasteiger partial charge in [0.05, 0.1) is 12.6 Å². The number of nitrogens with one attached hydrogen (secondary N) is 2. The molecule has 1 aromatic carbocycles. The zero-order valence-corrected chi connectivity index (χ0v) is 14.5. The molecular weight excluding hydrogens is 320 g/mol. The van der Waals surface area contributed by atoms with Gasteiger partial charge in [0.1, 0.15) is 5.75 Å². The van der Waals surface area contributed by atoms with Crippen LogP contribution in [0.3, 0.4) is 0 Å². The van der Waals surface area contributed by atoms with Gasteiger partial charge in [-0.2, -0.15) is 4.98 Å². The predicted octanol–water partition coefficient (Wildman–Crippen LogP) is 3.09. The molecule has 25 heavy (non-hydrogen) atoms. The molecule has 0 spiro atoms. The third-order valence-corrected chi connectivity index (χ3v) is 4.21. The fourth-order valence-corrected chi connectivity index (χ4v) is 2.88. The molecule has 1 heterocycles. The number of carbonyl (C=O) groups is 1. The molecule has 1 aliphatic carbocycles. The number of ether oxygens (including phenoxy) is 1. The lowest BCUT2D eigenvalue weighted by atomic mass is 9.98. The van der Waals surface area contributed by atoms with Crippen LogP contribution in [0.2, 0.25) is 0 Å². The van der Waals surface area contributed by atoms with Crippen LogP contribution in [0.1, 0.15) is 49.4 Å². The van der Waals surface area contributed by atoms with Crippen LogP contribution in [0.15, 0.2) is 28.8 Å². The summed E-state index contributed by atoms with van der Waals surface area (Å²) in [5, 5.41) is 9.21. The fourth-order valence-electron chi connectivity index (χ4n) is 2.88. The Balaban J connectivity index is 1.39. The first-order valence-electron chi connectivity index (χ1n) is 8.75. The highest BCUT2D eigenvalue weighted by atomic mass is 16.5. The van der Waals surface area contributed by atoms with E-state index in [0.717, 1.165) is 24.2 Å². The molecule has 134 valence electrons. The number of nitrogens with zero attached hydrogens (tertiary/aromatic N) is 2. The van der Waals surface area contributed by atoms with Crippen molar-refractivity contribution >= 4 is 6.03 Å². The van der Waals surface area contributed by atoms with E-state index in [9.17, 15) is 4.79 Å². The van der Waals surface area contributed by atoms with Gasteiger partial charge in [-0.15, -0.1) is 0 Å². The summed E-state index contributed by atoms with van der Waals surface area (Å²) in [5.41, 5.74) is 1.02. The Morgan fingerprint density at radius 3 is 2.56 bits per heavy atom. The standard InChI is InChI=1S/C18H24N4O3/c1-13-21-17(22-25-13)12-20-18(23)19-11-14-7-9-16(10-8-14)24-15-5-3-2-4-6-15/h7-10,15H,2-6,11-12H2,1H3,(H2,19,20,23). The first-order chi connectivity index (χ1) is 12.2. The third kappa shape index (κ3) is 5.48. The molecule has 0 atom stereocenters. The van der Waals surface area contributed by atoms with Crippen LogP contribution in [0.25, 0.3) is 0 Å². The minimum absolute atomic E-state index is 0.233. The van der Waals surface area contributed by atoms with Crippen LogP contribution in [-0.4, -0.2) is 22.3 Å². The normalized spacial score (nSPS) is 14.9. The maximum Gasteiger partial charge on any atom is 0.315 e. The molecular formula is C18H24N4O3. The molecule has 1 fully saturated rings. The molecule has 7 heteroatoms. The molecule has 2 aromatic rings. The molecule has 1 saturated carbocycles. The van der Waals surface area contributed by atoms with Crippen molar-refractivity contribution in [2.75, 3.05) is 0 Å². The molecule has 0 bridgehead atoms. The van der Waals surface area contributed by atoms with Crippen LogP contribution < -0.4 is 15.4 Å². The molecule has 2 N–H and O–H groups in total. The molecule has 0 saturated heterocycles. The summed E-state index contributed by atoms with van der Waals surface area (Å²) >= 11 is 0. The van der Waals surface area contributed by atoms with Gasteiger partial charge in [-0.1, -0.05) is 23.7 Å². The number of hydrogen-bond acceptors (Lipinski definition) is 5. The second-order valence-corrected chi connectivity index (χ2v) is 6.29. The molecule has 0 unspecified atom stereocenters. The summed E-state index contributed by atoms with van der Waals surface area (Å²) in [6.07, 6.45) is 6.46. The van der Waals surface area contributed by atoms with Crippen molar-refractivity contribution in [1.82, 2.24) is 20.8 Å². The molecule has 0 radical (unpaired) electrons. The van der Waals surface area contributed by atoms with E-state index in [-0.39, 0.29) is 12.6 Å². The van der Waals surface area contributed by atoms with Gasteiger partial charge >= 0.3 is 6.03 Å². The van der Waals surface area contributed by atoms with Crippen LogP contribution in [0, 0.1) is 6.92 Å². The second-order valence-electron chi connectivity index (χ2n) is 6.29.